The monoisotopic (exact) mass is 940 g/mol. The number of aromatic nitrogens is 2. The van der Waals surface area contributed by atoms with Gasteiger partial charge in [-0.05, 0) is 133 Å². The lowest BCUT2D eigenvalue weighted by atomic mass is 9.94. The van der Waals surface area contributed by atoms with Gasteiger partial charge in [0.2, 0.25) is 0 Å². The Labute approximate surface area is 431 Å². The number of nitrogens with zero attached hydrogens (tertiary/aromatic N) is 2. The van der Waals surface area contributed by atoms with Crippen LogP contribution >= 0.6 is 0 Å². The number of benzene rings is 12. The van der Waals surface area contributed by atoms with Gasteiger partial charge in [0.15, 0.2) is 0 Å². The molecule has 2 heteroatoms. The molecule has 0 N–H and O–H groups in total. The van der Waals surface area contributed by atoms with E-state index >= 15 is 0 Å². The van der Waals surface area contributed by atoms with E-state index in [1.165, 1.54) is 122 Å². The molecule has 0 saturated heterocycles. The third-order valence-corrected chi connectivity index (χ3v) is 15.0. The fraction of sp³-hybridized carbons (Fsp3) is 0. The minimum atomic E-state index is 1.13. The molecule has 0 atom stereocenters. The molecule has 0 bridgehead atoms. The van der Waals surface area contributed by atoms with Gasteiger partial charge in [-0.3, -0.25) is 0 Å². The molecule has 0 aliphatic heterocycles. The second kappa shape index (κ2) is 18.1. The molecule has 2 aromatic heterocycles. The molecular weight excluding hydrogens is 893 g/mol. The van der Waals surface area contributed by atoms with Gasteiger partial charge in [0.05, 0.1) is 27.8 Å². The third kappa shape index (κ3) is 7.52. The van der Waals surface area contributed by atoms with Crippen molar-refractivity contribution in [2.24, 2.45) is 0 Å². The Balaban J connectivity index is 0.875. The smallest absolute Gasteiger partial charge is 0.0547 e. The van der Waals surface area contributed by atoms with Crippen LogP contribution in [0.15, 0.2) is 291 Å². The average molecular weight is 941 g/mol. The van der Waals surface area contributed by atoms with Crippen molar-refractivity contribution in [1.82, 2.24) is 9.13 Å². The first-order chi connectivity index (χ1) is 36.7. The number of hydrogen-bond acceptors (Lipinski definition) is 0. The van der Waals surface area contributed by atoms with E-state index in [0.29, 0.717) is 0 Å². The fourth-order valence-electron chi connectivity index (χ4n) is 11.4. The van der Waals surface area contributed by atoms with E-state index in [-0.39, 0.29) is 0 Å². The Kier molecular flexibility index (Phi) is 10.6. The summed E-state index contributed by atoms with van der Waals surface area (Å²) >= 11 is 0. The molecule has 0 fully saturated rings. The van der Waals surface area contributed by atoms with Crippen LogP contribution in [0.4, 0.5) is 0 Å². The van der Waals surface area contributed by atoms with Gasteiger partial charge in [0.25, 0.3) is 0 Å². The topological polar surface area (TPSA) is 9.86 Å². The summed E-state index contributed by atoms with van der Waals surface area (Å²) in [5.41, 5.74) is 23.8. The summed E-state index contributed by atoms with van der Waals surface area (Å²) in [4.78, 5) is 0. The van der Waals surface area contributed by atoms with Gasteiger partial charge in [-0.2, -0.15) is 0 Å². The van der Waals surface area contributed by atoms with Crippen molar-refractivity contribution < 1.29 is 0 Å². The minimum absolute atomic E-state index is 1.13. The van der Waals surface area contributed by atoms with Crippen LogP contribution in [0.25, 0.3) is 133 Å². The van der Waals surface area contributed by atoms with E-state index < -0.39 is 0 Å². The lowest BCUT2D eigenvalue weighted by Gasteiger charge is -2.16. The number of fused-ring (bicyclic) bond motifs is 6. The second-order valence-electron chi connectivity index (χ2n) is 19.3. The molecule has 2 nitrogen and oxygen atoms in total. The summed E-state index contributed by atoms with van der Waals surface area (Å²) in [5, 5.41) is 4.93. The molecule has 0 aliphatic carbocycles. The summed E-state index contributed by atoms with van der Waals surface area (Å²) in [6.45, 7) is 0. The first-order valence-corrected chi connectivity index (χ1v) is 25.5. The first kappa shape index (κ1) is 43.1. The molecule has 2 heterocycles. The number of para-hydroxylation sites is 1. The Hall–Kier alpha value is -9.76. The molecule has 74 heavy (non-hydrogen) atoms. The van der Waals surface area contributed by atoms with E-state index in [0.717, 1.165) is 11.4 Å². The Morgan fingerprint density at radius 1 is 0.189 bits per heavy atom. The molecule has 0 amide bonds. The summed E-state index contributed by atoms with van der Waals surface area (Å²) in [6, 6.07) is 106. The highest BCUT2D eigenvalue weighted by Crippen LogP contribution is 2.43. The minimum Gasteiger partial charge on any atom is -0.309 e. The molecule has 12 aromatic carbocycles. The number of hydrogen-bond donors (Lipinski definition) is 0. The van der Waals surface area contributed by atoms with Crippen molar-refractivity contribution in [2.75, 3.05) is 0 Å². The van der Waals surface area contributed by atoms with E-state index in [4.69, 9.17) is 0 Å². The van der Waals surface area contributed by atoms with E-state index in [9.17, 15) is 0 Å². The standard InChI is InChI=1S/C72H48N2/c1-5-17-49(18-6-1)52-35-40-61(41-36-52)73-69-44-39-58(47-66(69)72-63(28-16-30-70(72)73)60-26-15-25-56(45-60)50-19-7-2-8-20-50)54-33-31-53(32-34-54)57-38-43-68-65(46-57)64-27-13-14-29-67(64)74(68)71-48-59(51-21-9-3-10-22-51)37-42-62(71)55-23-11-4-12-24-55/h1-48H. The van der Waals surface area contributed by atoms with Crippen LogP contribution < -0.4 is 0 Å². The maximum atomic E-state index is 2.46. The molecule has 346 valence electrons. The zero-order valence-electron chi connectivity index (χ0n) is 40.6. The Bertz CT molecular complexity index is 4360. The molecule has 0 radical (unpaired) electrons. The van der Waals surface area contributed by atoms with Gasteiger partial charge in [-0.1, -0.05) is 231 Å². The lowest BCUT2D eigenvalue weighted by Crippen LogP contribution is -1.98. The highest BCUT2D eigenvalue weighted by atomic mass is 15.0. The SMILES string of the molecule is c1ccc(-c2ccc(-n3c4ccc(-c5ccc(-c6ccc7c(c6)c6ccccc6n7-c6cc(-c7ccccc7)ccc6-c6ccccc6)cc5)cc4c4c(-c5cccc(-c6ccccc6)c5)cccc43)cc2)cc1. The molecule has 14 aromatic rings. The van der Waals surface area contributed by atoms with Crippen molar-refractivity contribution in [2.45, 2.75) is 0 Å². The van der Waals surface area contributed by atoms with E-state index in [1.807, 2.05) is 0 Å². The van der Waals surface area contributed by atoms with Crippen LogP contribution in [0, 0.1) is 0 Å². The van der Waals surface area contributed by atoms with Gasteiger partial charge >= 0.3 is 0 Å². The predicted octanol–water partition coefficient (Wildman–Crippen LogP) is 19.5. The van der Waals surface area contributed by atoms with Crippen LogP contribution in [-0.4, -0.2) is 9.13 Å². The summed E-state index contributed by atoms with van der Waals surface area (Å²) in [5.74, 6) is 0. The normalized spacial score (nSPS) is 11.5. The van der Waals surface area contributed by atoms with Crippen LogP contribution in [0.5, 0.6) is 0 Å². The third-order valence-electron chi connectivity index (χ3n) is 15.0. The van der Waals surface area contributed by atoms with Gasteiger partial charge in [-0.25, -0.2) is 0 Å². The molecule has 0 unspecified atom stereocenters. The van der Waals surface area contributed by atoms with Crippen LogP contribution in [-0.2, 0) is 0 Å². The maximum Gasteiger partial charge on any atom is 0.0547 e. The van der Waals surface area contributed by atoms with Crippen molar-refractivity contribution in [3.8, 4) is 89.3 Å². The predicted molar refractivity (Wildman–Crippen MR) is 313 cm³/mol. The zero-order valence-corrected chi connectivity index (χ0v) is 40.6. The van der Waals surface area contributed by atoms with E-state index in [2.05, 4.69) is 300 Å². The molecule has 0 spiro atoms. The molecular formula is C72H48N2. The van der Waals surface area contributed by atoms with Crippen molar-refractivity contribution >= 4 is 43.6 Å². The highest BCUT2D eigenvalue weighted by Gasteiger charge is 2.20. The summed E-state index contributed by atoms with van der Waals surface area (Å²) in [7, 11) is 0. The molecule has 14 rings (SSSR count). The largest absolute Gasteiger partial charge is 0.309 e. The molecule has 0 saturated carbocycles. The lowest BCUT2D eigenvalue weighted by molar-refractivity contribution is 1.18. The highest BCUT2D eigenvalue weighted by molar-refractivity contribution is 6.17. The van der Waals surface area contributed by atoms with Crippen molar-refractivity contribution in [3.63, 3.8) is 0 Å². The van der Waals surface area contributed by atoms with Crippen molar-refractivity contribution in [1.29, 1.82) is 0 Å². The summed E-state index contributed by atoms with van der Waals surface area (Å²) < 4.78 is 4.90. The Morgan fingerprint density at radius 2 is 0.595 bits per heavy atom. The zero-order chi connectivity index (χ0) is 49.0. The molecule has 0 aliphatic rings. The van der Waals surface area contributed by atoms with Gasteiger partial charge in [0, 0.05) is 32.8 Å². The average Bonchev–Trinajstić information content (AvgIpc) is 4.01. The number of rotatable bonds is 9. The van der Waals surface area contributed by atoms with Crippen LogP contribution in [0.3, 0.4) is 0 Å². The van der Waals surface area contributed by atoms with E-state index in [1.54, 1.807) is 0 Å². The first-order valence-electron chi connectivity index (χ1n) is 25.5. The second-order valence-corrected chi connectivity index (χ2v) is 19.3. The summed E-state index contributed by atoms with van der Waals surface area (Å²) in [6.07, 6.45) is 0. The van der Waals surface area contributed by atoms with Gasteiger partial charge in [0.1, 0.15) is 0 Å². The maximum absolute atomic E-state index is 2.46. The van der Waals surface area contributed by atoms with Crippen molar-refractivity contribution in [3.05, 3.63) is 291 Å². The van der Waals surface area contributed by atoms with Gasteiger partial charge in [-0.15, -0.1) is 0 Å². The quantitative estimate of drug-likeness (QED) is 0.136. The van der Waals surface area contributed by atoms with Gasteiger partial charge < -0.3 is 9.13 Å². The van der Waals surface area contributed by atoms with Crippen LogP contribution in [0.2, 0.25) is 0 Å². The Morgan fingerprint density at radius 3 is 1.24 bits per heavy atom. The van der Waals surface area contributed by atoms with Crippen LogP contribution in [0.1, 0.15) is 0 Å². The fourth-order valence-corrected chi connectivity index (χ4v) is 11.4.